The number of benzene rings is 2. The monoisotopic (exact) mass is 943 g/mol. The molecule has 20 heteroatoms. The minimum atomic E-state index is -2.02. The van der Waals surface area contributed by atoms with Crippen LogP contribution in [0, 0.1) is 47.6 Å². The Labute approximate surface area is 392 Å². The highest BCUT2D eigenvalue weighted by Gasteiger charge is 2.50. The Balaban J connectivity index is 1.34. The fourth-order valence-electron chi connectivity index (χ4n) is 9.84. The maximum Gasteiger partial charge on any atom is 0.342 e. The maximum atomic E-state index is 14.8. The Morgan fingerprint density at radius 2 is 1.65 bits per heavy atom. The number of allylic oxidation sites excluding steroid dienone is 2. The topological polar surface area (TPSA) is 270 Å². The number of phenols is 2. The Bertz CT molecular complexity index is 2760. The summed E-state index contributed by atoms with van der Waals surface area (Å²) in [6.45, 7) is 16.1. The molecule has 1 amide bonds. The lowest BCUT2D eigenvalue weighted by molar-refractivity contribution is -0.392. The molecule has 4 bridgehead atoms. The molecule has 20 nitrogen and oxygen atoms in total. The first-order chi connectivity index (χ1) is 32.0. The quantitative estimate of drug-likeness (QED) is 0.100. The summed E-state index contributed by atoms with van der Waals surface area (Å²) in [5.41, 5.74) is -0.986. The molecule has 0 saturated carbocycles. The highest BCUT2D eigenvalue weighted by Crippen LogP contribution is 2.50. The van der Waals surface area contributed by atoms with Crippen LogP contribution in [0.2, 0.25) is 0 Å². The number of methoxy groups -OCH3 is 1. The first-order valence-corrected chi connectivity index (χ1v) is 22.8. The van der Waals surface area contributed by atoms with Gasteiger partial charge in [0.1, 0.15) is 41.4 Å². The van der Waals surface area contributed by atoms with E-state index in [2.05, 4.69) is 15.2 Å². The average Bonchev–Trinajstić information content (AvgIpc) is 3.95. The number of amides is 1. The zero-order valence-electron chi connectivity index (χ0n) is 40.0. The van der Waals surface area contributed by atoms with Gasteiger partial charge in [-0.3, -0.25) is 29.3 Å². The van der Waals surface area contributed by atoms with E-state index in [0.717, 1.165) is 0 Å². The Kier molecular flexibility index (Phi) is 13.9. The molecule has 3 aromatic rings. The largest absolute Gasteiger partial charge is 0.507 e. The third-order valence-corrected chi connectivity index (χ3v) is 14.1. The van der Waals surface area contributed by atoms with E-state index in [1.807, 2.05) is 0 Å². The number of imidazole rings is 1. The number of carbonyl (C=O) groups is 3. The molecule has 5 N–H and O–H groups in total. The minimum Gasteiger partial charge on any atom is -0.507 e. The van der Waals surface area contributed by atoms with Crippen LogP contribution in [0.15, 0.2) is 52.3 Å². The van der Waals surface area contributed by atoms with E-state index in [1.54, 1.807) is 58.3 Å². The lowest BCUT2D eigenvalue weighted by Gasteiger charge is -2.38. The first kappa shape index (κ1) is 49.7. The number of rotatable bonds is 6. The number of hydrogen-bond acceptors (Lipinski definition) is 17. The molecule has 366 valence electrons. The van der Waals surface area contributed by atoms with E-state index < -0.39 is 93.6 Å². The van der Waals surface area contributed by atoms with Crippen LogP contribution in [0.25, 0.3) is 10.8 Å². The van der Waals surface area contributed by atoms with Crippen LogP contribution in [-0.4, -0.2) is 120 Å². The third-order valence-electron chi connectivity index (χ3n) is 14.1. The molecular formula is C48H61N7O13. The summed E-state index contributed by atoms with van der Waals surface area (Å²) in [4.78, 5) is 68.9. The number of ketones is 1. The maximum absolute atomic E-state index is 14.8. The molecule has 7 rings (SSSR count). The predicted octanol–water partition coefficient (Wildman–Crippen LogP) is 4.21. The summed E-state index contributed by atoms with van der Waals surface area (Å²) in [5.74, 6) is -7.01. The van der Waals surface area contributed by atoms with Gasteiger partial charge in [0, 0.05) is 101 Å². The standard InChI is InChI=1S/C48H61N7O13/c1-23-12-11-13-24(2)46(62)50-38-37-36(51-48(52-37)15-17-53(18-16-48)19-20-54-29(7)49-22-32(54)55(63)64)33-34(42(38)60)41(59)28(6)44-35(33)45(61)47(9,68-44)66-21-14-31(65-10)25(3)43(67-30(8)56)27(5)40(58)26(4)39(23)57/h11-14,21-23,25-27,31,39-40,43,57-60H,15-20H2,1-10H3,(H,50,62)/b12-11+,21-14+,24-13-/t23-,25-,26+,27-,31-,39-,40+,43+,47-/m0/s1. The molecule has 9 atom stereocenters. The first-order valence-electron chi connectivity index (χ1n) is 22.8. The van der Waals surface area contributed by atoms with E-state index in [0.29, 0.717) is 44.8 Å². The number of likely N-dealkylation sites (tertiary alicyclic amines) is 1. The normalized spacial score (nSPS) is 30.4. The number of fused-ring (bicyclic) bond motifs is 1. The van der Waals surface area contributed by atoms with Crippen molar-refractivity contribution in [2.24, 2.45) is 33.7 Å². The van der Waals surface area contributed by atoms with Gasteiger partial charge < -0.3 is 54.8 Å². The van der Waals surface area contributed by atoms with Gasteiger partial charge in [0.25, 0.3) is 11.7 Å². The van der Waals surface area contributed by atoms with Gasteiger partial charge in [0.15, 0.2) is 17.2 Å². The highest BCUT2D eigenvalue weighted by molar-refractivity contribution is 6.19. The van der Waals surface area contributed by atoms with Crippen LogP contribution in [0.3, 0.4) is 0 Å². The fraction of sp³-hybridized carbons (Fsp3) is 0.542. The van der Waals surface area contributed by atoms with Gasteiger partial charge in [-0.25, -0.2) is 9.55 Å². The number of aliphatic hydroxyl groups is 2. The summed E-state index contributed by atoms with van der Waals surface area (Å²) in [5, 5.41) is 61.7. The van der Waals surface area contributed by atoms with Gasteiger partial charge in [-0.05, 0) is 24.8 Å². The van der Waals surface area contributed by atoms with Crippen LogP contribution < -0.4 is 20.8 Å². The lowest BCUT2D eigenvalue weighted by Crippen LogP contribution is -2.46. The molecule has 0 aliphatic carbocycles. The Morgan fingerprint density at radius 1 is 0.971 bits per heavy atom. The number of aryl methyl sites for hydroxylation is 1. The van der Waals surface area contributed by atoms with Crippen molar-refractivity contribution in [3.63, 3.8) is 0 Å². The second kappa shape index (κ2) is 19.0. The summed E-state index contributed by atoms with van der Waals surface area (Å²) >= 11 is 0. The Morgan fingerprint density at radius 3 is 2.29 bits per heavy atom. The molecule has 4 aliphatic rings. The summed E-state index contributed by atoms with van der Waals surface area (Å²) in [7, 11) is 1.45. The molecule has 0 unspecified atom stereocenters. The van der Waals surface area contributed by atoms with Crippen molar-refractivity contribution in [2.45, 2.75) is 118 Å². The van der Waals surface area contributed by atoms with Crippen LogP contribution >= 0.6 is 0 Å². The highest BCUT2D eigenvalue weighted by atomic mass is 16.7. The molecule has 1 fully saturated rings. The SMILES string of the molecule is CO[C@H]1/C=C/O[C@@]2(C)Oc3c(C)c(O)c4c(O)c(c5c(c4c3C2=O)=NC2(CCN(CCn3c([N+](=O)[O-])cnc3C)CC2)N=5)NC(=O)/C(C)=C\C=C\[C@H](C)[C@H](O)[C@@H](C)[C@@H](O)[C@H](C)[C@H](OC(C)=O)[C@H]1C. The van der Waals surface area contributed by atoms with Gasteiger partial charge >= 0.3 is 17.6 Å². The number of aliphatic hydroxyl groups excluding tert-OH is 2. The van der Waals surface area contributed by atoms with Crippen LogP contribution in [0.5, 0.6) is 17.2 Å². The number of phenolic OH excluding ortho intramolecular Hbond substituents is 2. The van der Waals surface area contributed by atoms with Gasteiger partial charge in [-0.15, -0.1) is 0 Å². The van der Waals surface area contributed by atoms with E-state index >= 15 is 0 Å². The molecule has 68 heavy (non-hydrogen) atoms. The number of anilines is 1. The number of nitro groups is 1. The number of Topliss-reactive ketones (excluding diaryl/α,β-unsaturated/α-hetero) is 1. The predicted molar refractivity (Wildman–Crippen MR) is 246 cm³/mol. The molecule has 1 aromatic heterocycles. The van der Waals surface area contributed by atoms with Crippen molar-refractivity contribution in [3.8, 4) is 17.2 Å². The number of aromatic nitrogens is 2. The summed E-state index contributed by atoms with van der Waals surface area (Å²) < 4.78 is 25.5. The van der Waals surface area contributed by atoms with Crippen LogP contribution in [-0.2, 0) is 30.3 Å². The van der Waals surface area contributed by atoms with Crippen molar-refractivity contribution in [2.75, 3.05) is 32.1 Å². The number of hydrogen-bond donors (Lipinski definition) is 5. The van der Waals surface area contributed by atoms with E-state index in [-0.39, 0.29) is 55.4 Å². The van der Waals surface area contributed by atoms with Crippen molar-refractivity contribution < 1.29 is 58.7 Å². The lowest BCUT2D eigenvalue weighted by atomic mass is 9.78. The number of nitrogens with one attached hydrogen (secondary N) is 1. The van der Waals surface area contributed by atoms with Gasteiger partial charge in [0.05, 0.1) is 40.9 Å². The van der Waals surface area contributed by atoms with Crippen molar-refractivity contribution >= 4 is 39.9 Å². The third kappa shape index (κ3) is 8.97. The number of piperidine rings is 1. The second-order valence-electron chi connectivity index (χ2n) is 18.7. The van der Waals surface area contributed by atoms with Crippen LogP contribution in [0.4, 0.5) is 11.5 Å². The van der Waals surface area contributed by atoms with Crippen LogP contribution in [0.1, 0.15) is 83.1 Å². The van der Waals surface area contributed by atoms with Crippen molar-refractivity contribution in [3.05, 3.63) is 80.1 Å². The van der Waals surface area contributed by atoms with Gasteiger partial charge in [-0.2, -0.15) is 0 Å². The molecule has 0 radical (unpaired) electrons. The number of ether oxygens (including phenoxy) is 4. The van der Waals surface area contributed by atoms with E-state index in [1.165, 1.54) is 52.5 Å². The smallest absolute Gasteiger partial charge is 0.342 e. The molecule has 5 heterocycles. The molecule has 1 saturated heterocycles. The number of carbonyl (C=O) groups excluding carboxylic acids is 3. The van der Waals surface area contributed by atoms with Gasteiger partial charge in [0.2, 0.25) is 0 Å². The summed E-state index contributed by atoms with van der Waals surface area (Å²) in [6, 6.07) is 0. The average molecular weight is 944 g/mol. The van der Waals surface area contributed by atoms with Gasteiger partial charge in [-0.1, -0.05) is 45.9 Å². The molecule has 1 spiro atoms. The number of aromatic hydroxyl groups is 2. The van der Waals surface area contributed by atoms with Crippen molar-refractivity contribution in [1.82, 2.24) is 14.5 Å². The molecule has 2 aromatic carbocycles. The molecule has 4 aliphatic heterocycles. The zero-order valence-corrected chi connectivity index (χ0v) is 40.0. The summed E-state index contributed by atoms with van der Waals surface area (Å²) in [6.07, 6.45) is 5.61. The zero-order chi connectivity index (χ0) is 49.7. The molecular weight excluding hydrogens is 883 g/mol. The van der Waals surface area contributed by atoms with E-state index in [9.17, 15) is 44.9 Å². The Hall–Kier alpha value is -6.22. The van der Waals surface area contributed by atoms with E-state index in [4.69, 9.17) is 28.9 Å². The minimum absolute atomic E-state index is 0.0137. The number of esters is 1. The fourth-order valence-corrected chi connectivity index (χ4v) is 9.84. The van der Waals surface area contributed by atoms with Crippen molar-refractivity contribution in [1.29, 1.82) is 0 Å². The second-order valence-corrected chi connectivity index (χ2v) is 18.7. The number of nitrogens with zero attached hydrogens (tertiary/aromatic N) is 6.